The molecule has 0 saturated carbocycles. The lowest BCUT2D eigenvalue weighted by atomic mass is 10.00. The molecule has 186 valence electrons. The first kappa shape index (κ1) is 25.4. The van der Waals surface area contributed by atoms with Crippen LogP contribution in [0, 0.1) is 11.6 Å². The number of fused-ring (bicyclic) bond motifs is 1. The third-order valence-corrected chi connectivity index (χ3v) is 7.52. The second-order valence-corrected chi connectivity index (χ2v) is 9.67. The summed E-state index contributed by atoms with van der Waals surface area (Å²) in [6.07, 6.45) is 1.87. The summed E-state index contributed by atoms with van der Waals surface area (Å²) in [7, 11) is 0. The Morgan fingerprint density at radius 1 is 0.971 bits per heavy atom. The number of hydrogen-bond donors (Lipinski definition) is 2. The van der Waals surface area contributed by atoms with Gasteiger partial charge in [-0.15, -0.1) is 24.2 Å². The molecule has 2 aliphatic heterocycles. The summed E-state index contributed by atoms with van der Waals surface area (Å²) < 4.78 is 40.6. The highest BCUT2D eigenvalue weighted by molar-refractivity contribution is 7.99. The topological polar surface area (TPSA) is 62.2 Å². The number of thioether (sulfide) groups is 1. The molecule has 5 nitrogen and oxygen atoms in total. The Morgan fingerprint density at radius 2 is 1.63 bits per heavy atom. The van der Waals surface area contributed by atoms with Crippen LogP contribution in [0.2, 0.25) is 0 Å². The predicted octanol–water partition coefficient (Wildman–Crippen LogP) is 6.24. The molecule has 1 saturated heterocycles. The average Bonchev–Trinajstić information content (AvgIpc) is 3.37. The minimum atomic E-state index is -1.11. The molecule has 2 atom stereocenters. The largest absolute Gasteiger partial charge is 0.508 e. The molecule has 0 bridgehead atoms. The van der Waals surface area contributed by atoms with E-state index in [1.54, 1.807) is 24.3 Å². The number of rotatable bonds is 6. The number of phenolic OH excluding ortho intramolecular Hbond substituents is 2. The number of halogens is 3. The minimum absolute atomic E-state index is 0. The van der Waals surface area contributed by atoms with Crippen LogP contribution in [0.15, 0.2) is 59.5 Å². The molecule has 2 heterocycles. The summed E-state index contributed by atoms with van der Waals surface area (Å²) in [5.74, 6) is -2.51. The van der Waals surface area contributed by atoms with Crippen LogP contribution in [0.5, 0.6) is 23.0 Å². The van der Waals surface area contributed by atoms with E-state index in [1.165, 1.54) is 24.6 Å². The van der Waals surface area contributed by atoms with Gasteiger partial charge in [-0.2, -0.15) is 4.39 Å². The summed E-state index contributed by atoms with van der Waals surface area (Å²) in [6, 6.07) is 15.2. The SMILES string of the molecule is Cl.Oc1ccc([C@H]2Sc3cc(F)c(O)c(F)c3O[C@H]2c2ccc(OCCN3CCCC3)cc2)cc1. The summed E-state index contributed by atoms with van der Waals surface area (Å²) in [5, 5.41) is 19.1. The van der Waals surface area contributed by atoms with E-state index in [0.29, 0.717) is 6.61 Å². The van der Waals surface area contributed by atoms with Crippen molar-refractivity contribution in [1.82, 2.24) is 4.90 Å². The van der Waals surface area contributed by atoms with Crippen LogP contribution >= 0.6 is 24.2 Å². The van der Waals surface area contributed by atoms with Crippen molar-refractivity contribution < 1.29 is 28.5 Å². The zero-order valence-electron chi connectivity index (χ0n) is 18.8. The summed E-state index contributed by atoms with van der Waals surface area (Å²) in [5.41, 5.74) is 1.62. The number of likely N-dealkylation sites (tertiary alicyclic amines) is 1. The van der Waals surface area contributed by atoms with Crippen molar-refractivity contribution >= 4 is 24.2 Å². The van der Waals surface area contributed by atoms with Crippen molar-refractivity contribution in [3.05, 3.63) is 77.4 Å². The average molecular weight is 522 g/mol. The van der Waals surface area contributed by atoms with Gasteiger partial charge in [-0.3, -0.25) is 4.90 Å². The summed E-state index contributed by atoms with van der Waals surface area (Å²) in [4.78, 5) is 2.65. The van der Waals surface area contributed by atoms with Gasteiger partial charge in [0.15, 0.2) is 17.3 Å². The lowest BCUT2D eigenvalue weighted by Crippen LogP contribution is -2.25. The number of nitrogens with zero attached hydrogens (tertiary/aromatic N) is 1. The summed E-state index contributed by atoms with van der Waals surface area (Å²) in [6.45, 7) is 3.74. The van der Waals surface area contributed by atoms with Gasteiger partial charge in [0.05, 0.1) is 10.1 Å². The molecule has 3 aromatic rings. The molecular formula is C26H26ClF2NO4S. The van der Waals surface area contributed by atoms with Crippen LogP contribution in [0.25, 0.3) is 0 Å². The van der Waals surface area contributed by atoms with Crippen molar-refractivity contribution in [1.29, 1.82) is 0 Å². The first-order valence-corrected chi connectivity index (χ1v) is 12.2. The maximum Gasteiger partial charge on any atom is 0.210 e. The van der Waals surface area contributed by atoms with Crippen LogP contribution in [0.1, 0.15) is 35.3 Å². The van der Waals surface area contributed by atoms with Gasteiger partial charge in [0.2, 0.25) is 5.82 Å². The Bertz CT molecular complexity index is 1160. The highest BCUT2D eigenvalue weighted by atomic mass is 35.5. The van der Waals surface area contributed by atoms with E-state index < -0.39 is 23.5 Å². The van der Waals surface area contributed by atoms with Crippen molar-refractivity contribution in [2.45, 2.75) is 29.1 Å². The lowest BCUT2D eigenvalue weighted by Gasteiger charge is -2.34. The zero-order chi connectivity index (χ0) is 23.7. The summed E-state index contributed by atoms with van der Waals surface area (Å²) >= 11 is 1.25. The first-order chi connectivity index (χ1) is 16.5. The normalized spacial score (nSPS) is 19.5. The Balaban J connectivity index is 0.00000289. The van der Waals surface area contributed by atoms with Crippen LogP contribution in [-0.2, 0) is 0 Å². The van der Waals surface area contributed by atoms with E-state index >= 15 is 0 Å². The second-order valence-electron chi connectivity index (χ2n) is 8.48. The van der Waals surface area contributed by atoms with Crippen molar-refractivity contribution in [2.24, 2.45) is 0 Å². The van der Waals surface area contributed by atoms with Gasteiger partial charge in [-0.1, -0.05) is 24.3 Å². The molecule has 3 aromatic carbocycles. The molecule has 2 aliphatic rings. The van der Waals surface area contributed by atoms with E-state index in [-0.39, 0.29) is 34.1 Å². The molecule has 0 unspecified atom stereocenters. The minimum Gasteiger partial charge on any atom is -0.508 e. The van der Waals surface area contributed by atoms with Crippen LogP contribution in [0.4, 0.5) is 8.78 Å². The van der Waals surface area contributed by atoms with Gasteiger partial charge in [-0.05, 0) is 67.4 Å². The molecule has 0 aromatic heterocycles. The third kappa shape index (κ3) is 5.44. The van der Waals surface area contributed by atoms with E-state index in [2.05, 4.69) is 4.90 Å². The number of hydrogen-bond acceptors (Lipinski definition) is 6. The Morgan fingerprint density at radius 3 is 2.31 bits per heavy atom. The number of phenols is 2. The fourth-order valence-electron chi connectivity index (χ4n) is 4.36. The Kier molecular flexibility index (Phi) is 7.94. The van der Waals surface area contributed by atoms with Gasteiger partial charge in [0.25, 0.3) is 0 Å². The Hall–Kier alpha value is -2.68. The van der Waals surface area contributed by atoms with Gasteiger partial charge < -0.3 is 19.7 Å². The van der Waals surface area contributed by atoms with E-state index in [1.807, 2.05) is 24.3 Å². The smallest absolute Gasteiger partial charge is 0.210 e. The molecule has 0 amide bonds. The number of ether oxygens (including phenoxy) is 2. The van der Waals surface area contributed by atoms with E-state index in [4.69, 9.17) is 9.47 Å². The monoisotopic (exact) mass is 521 g/mol. The fraction of sp³-hybridized carbons (Fsp3) is 0.308. The molecule has 9 heteroatoms. The maximum absolute atomic E-state index is 14.7. The molecule has 0 aliphatic carbocycles. The fourth-order valence-corrected chi connectivity index (χ4v) is 5.68. The second kappa shape index (κ2) is 10.9. The van der Waals surface area contributed by atoms with Crippen LogP contribution < -0.4 is 9.47 Å². The van der Waals surface area contributed by atoms with Crippen molar-refractivity contribution in [2.75, 3.05) is 26.2 Å². The molecule has 35 heavy (non-hydrogen) atoms. The molecule has 1 fully saturated rings. The highest BCUT2D eigenvalue weighted by Crippen LogP contribution is 2.55. The third-order valence-electron chi connectivity index (χ3n) is 6.19. The van der Waals surface area contributed by atoms with E-state index in [9.17, 15) is 19.0 Å². The van der Waals surface area contributed by atoms with Gasteiger partial charge in [0.1, 0.15) is 24.2 Å². The van der Waals surface area contributed by atoms with Gasteiger partial charge in [-0.25, -0.2) is 4.39 Å². The first-order valence-electron chi connectivity index (χ1n) is 11.3. The van der Waals surface area contributed by atoms with Crippen LogP contribution in [-0.4, -0.2) is 41.4 Å². The van der Waals surface area contributed by atoms with Crippen molar-refractivity contribution in [3.63, 3.8) is 0 Å². The number of aromatic hydroxyl groups is 2. The Labute approximate surface area is 213 Å². The molecule has 0 spiro atoms. The van der Waals surface area contributed by atoms with E-state index in [0.717, 1.165) is 42.6 Å². The molecular weight excluding hydrogens is 496 g/mol. The van der Waals surface area contributed by atoms with Crippen molar-refractivity contribution in [3.8, 4) is 23.0 Å². The number of benzene rings is 3. The standard InChI is InChI=1S/C26H25F2NO4S.ClH/c27-20-15-21-25(22(28)23(20)31)33-24(26(34-21)17-3-7-18(30)8-4-17)16-5-9-19(10-6-16)32-14-13-29-11-1-2-12-29;/h3-10,15,24,26,30-31H,1-2,11-14H2;1H/t24-,26+;/m0./s1. The quantitative estimate of drug-likeness (QED) is 0.400. The molecule has 2 N–H and O–H groups in total. The lowest BCUT2D eigenvalue weighted by molar-refractivity contribution is 0.178. The molecule has 0 radical (unpaired) electrons. The maximum atomic E-state index is 14.7. The van der Waals surface area contributed by atoms with Gasteiger partial charge in [0, 0.05) is 6.54 Å². The molecule has 5 rings (SSSR count). The zero-order valence-corrected chi connectivity index (χ0v) is 20.5. The predicted molar refractivity (Wildman–Crippen MR) is 133 cm³/mol. The highest BCUT2D eigenvalue weighted by Gasteiger charge is 2.36. The van der Waals surface area contributed by atoms with Crippen LogP contribution in [0.3, 0.4) is 0 Å². The van der Waals surface area contributed by atoms with Gasteiger partial charge >= 0.3 is 0 Å².